The Kier molecular flexibility index (Phi) is 6.03. The van der Waals surface area contributed by atoms with Gasteiger partial charge in [0.2, 0.25) is 5.91 Å². The Labute approximate surface area is 116 Å². The van der Waals surface area contributed by atoms with E-state index in [0.717, 1.165) is 12.8 Å². The van der Waals surface area contributed by atoms with E-state index in [4.69, 9.17) is 5.73 Å². The molecule has 0 aromatic heterocycles. The van der Waals surface area contributed by atoms with Crippen molar-refractivity contribution in [3.63, 3.8) is 0 Å². The first-order valence-corrected chi connectivity index (χ1v) is 7.00. The summed E-state index contributed by atoms with van der Waals surface area (Å²) in [4.78, 5) is 12.0. The van der Waals surface area contributed by atoms with Gasteiger partial charge < -0.3 is 11.1 Å². The summed E-state index contributed by atoms with van der Waals surface area (Å²) in [5, 5.41) is 3.05. The maximum Gasteiger partial charge on any atom is 0.222 e. The summed E-state index contributed by atoms with van der Waals surface area (Å²) in [5.74, 6) is 0.160. The zero-order valence-corrected chi connectivity index (χ0v) is 12.3. The standard InChI is InChI=1S/C16H26N2O/c1-13(8-7-11-17)15(19)18-12-16(2,3)14-9-5-4-6-10-14/h4-6,9-10,13H,7-8,11-12,17H2,1-3H3,(H,18,19). The van der Waals surface area contributed by atoms with E-state index in [-0.39, 0.29) is 17.2 Å². The van der Waals surface area contributed by atoms with Gasteiger partial charge in [-0.1, -0.05) is 51.1 Å². The van der Waals surface area contributed by atoms with Crippen molar-refractivity contribution < 1.29 is 4.79 Å². The minimum absolute atomic E-state index is 0.0372. The van der Waals surface area contributed by atoms with Crippen molar-refractivity contribution in [2.75, 3.05) is 13.1 Å². The first-order valence-electron chi connectivity index (χ1n) is 7.00. The molecule has 0 aliphatic carbocycles. The number of hydrogen-bond donors (Lipinski definition) is 2. The van der Waals surface area contributed by atoms with Gasteiger partial charge in [0.25, 0.3) is 0 Å². The Hall–Kier alpha value is -1.35. The summed E-state index contributed by atoms with van der Waals surface area (Å²) in [6.07, 6.45) is 1.75. The van der Waals surface area contributed by atoms with Gasteiger partial charge in [-0.15, -0.1) is 0 Å². The van der Waals surface area contributed by atoms with Crippen LogP contribution in [0.15, 0.2) is 30.3 Å². The van der Waals surface area contributed by atoms with E-state index in [9.17, 15) is 4.79 Å². The normalized spacial score (nSPS) is 13.1. The molecule has 3 heteroatoms. The van der Waals surface area contributed by atoms with E-state index >= 15 is 0 Å². The third-order valence-corrected chi connectivity index (χ3v) is 3.55. The molecule has 0 aliphatic heterocycles. The molecule has 0 saturated heterocycles. The van der Waals surface area contributed by atoms with Crippen molar-refractivity contribution in [2.24, 2.45) is 11.7 Å². The molecule has 3 nitrogen and oxygen atoms in total. The highest BCUT2D eigenvalue weighted by atomic mass is 16.1. The van der Waals surface area contributed by atoms with E-state index in [0.29, 0.717) is 13.1 Å². The number of carbonyl (C=O) groups is 1. The van der Waals surface area contributed by atoms with Crippen molar-refractivity contribution in [3.8, 4) is 0 Å². The fourth-order valence-corrected chi connectivity index (χ4v) is 2.03. The van der Waals surface area contributed by atoms with Crippen LogP contribution in [0.2, 0.25) is 0 Å². The molecule has 19 heavy (non-hydrogen) atoms. The van der Waals surface area contributed by atoms with Crippen LogP contribution in [0.4, 0.5) is 0 Å². The molecule has 0 spiro atoms. The van der Waals surface area contributed by atoms with Crippen LogP contribution >= 0.6 is 0 Å². The van der Waals surface area contributed by atoms with Gasteiger partial charge in [0, 0.05) is 17.9 Å². The van der Waals surface area contributed by atoms with Crippen LogP contribution in [0.25, 0.3) is 0 Å². The highest BCUT2D eigenvalue weighted by Gasteiger charge is 2.22. The van der Waals surface area contributed by atoms with Gasteiger partial charge in [-0.05, 0) is 24.9 Å². The zero-order chi connectivity index (χ0) is 14.3. The van der Waals surface area contributed by atoms with E-state index < -0.39 is 0 Å². The molecule has 106 valence electrons. The summed E-state index contributed by atoms with van der Waals surface area (Å²) in [6.45, 7) is 7.55. The molecule has 0 saturated carbocycles. The lowest BCUT2D eigenvalue weighted by molar-refractivity contribution is -0.124. The Morgan fingerprint density at radius 3 is 2.53 bits per heavy atom. The molecule has 1 aromatic carbocycles. The summed E-state index contributed by atoms with van der Waals surface area (Å²) in [7, 11) is 0. The third kappa shape index (κ3) is 5.03. The summed E-state index contributed by atoms with van der Waals surface area (Å²) in [5.41, 5.74) is 6.65. The Bertz CT molecular complexity index is 387. The summed E-state index contributed by atoms with van der Waals surface area (Å²) >= 11 is 0. The van der Waals surface area contributed by atoms with Crippen LogP contribution in [0, 0.1) is 5.92 Å². The van der Waals surface area contributed by atoms with Gasteiger partial charge >= 0.3 is 0 Å². The van der Waals surface area contributed by atoms with E-state index in [2.05, 4.69) is 31.3 Å². The average Bonchev–Trinajstić information content (AvgIpc) is 2.43. The van der Waals surface area contributed by atoms with Crippen LogP contribution in [-0.2, 0) is 10.2 Å². The Morgan fingerprint density at radius 2 is 1.95 bits per heavy atom. The second-order valence-corrected chi connectivity index (χ2v) is 5.80. The monoisotopic (exact) mass is 262 g/mol. The number of benzene rings is 1. The average molecular weight is 262 g/mol. The second-order valence-electron chi connectivity index (χ2n) is 5.80. The Morgan fingerprint density at radius 1 is 1.32 bits per heavy atom. The molecule has 3 N–H and O–H groups in total. The fraction of sp³-hybridized carbons (Fsp3) is 0.562. The number of nitrogens with one attached hydrogen (secondary N) is 1. The molecule has 0 bridgehead atoms. The van der Waals surface area contributed by atoms with Gasteiger partial charge in [0.15, 0.2) is 0 Å². The molecule has 0 aliphatic rings. The minimum atomic E-state index is -0.0511. The molecule has 1 aromatic rings. The highest BCUT2D eigenvalue weighted by molar-refractivity contribution is 5.78. The first kappa shape index (κ1) is 15.7. The van der Waals surface area contributed by atoms with Crippen LogP contribution in [0.3, 0.4) is 0 Å². The maximum absolute atomic E-state index is 12.0. The number of rotatable bonds is 7. The smallest absolute Gasteiger partial charge is 0.222 e. The molecule has 0 radical (unpaired) electrons. The summed E-state index contributed by atoms with van der Waals surface area (Å²) in [6, 6.07) is 10.3. The zero-order valence-electron chi connectivity index (χ0n) is 12.3. The van der Waals surface area contributed by atoms with Crippen molar-refractivity contribution in [1.29, 1.82) is 0 Å². The molecule has 0 fully saturated rings. The maximum atomic E-state index is 12.0. The molecular weight excluding hydrogens is 236 g/mol. The number of nitrogens with two attached hydrogens (primary N) is 1. The topological polar surface area (TPSA) is 55.1 Å². The molecule has 1 unspecified atom stereocenters. The largest absolute Gasteiger partial charge is 0.355 e. The van der Waals surface area contributed by atoms with Crippen molar-refractivity contribution >= 4 is 5.91 Å². The van der Waals surface area contributed by atoms with Gasteiger partial charge in [-0.2, -0.15) is 0 Å². The minimum Gasteiger partial charge on any atom is -0.355 e. The van der Waals surface area contributed by atoms with Gasteiger partial charge in [0.05, 0.1) is 0 Å². The lowest BCUT2D eigenvalue weighted by atomic mass is 9.84. The fourth-order valence-electron chi connectivity index (χ4n) is 2.03. The van der Waals surface area contributed by atoms with Crippen LogP contribution < -0.4 is 11.1 Å². The number of amides is 1. The van der Waals surface area contributed by atoms with Gasteiger partial charge in [-0.25, -0.2) is 0 Å². The predicted molar refractivity (Wildman–Crippen MR) is 79.9 cm³/mol. The van der Waals surface area contributed by atoms with E-state index in [1.807, 2.05) is 25.1 Å². The molecule has 1 rings (SSSR count). The van der Waals surface area contributed by atoms with Crippen LogP contribution in [0.1, 0.15) is 39.2 Å². The van der Waals surface area contributed by atoms with E-state index in [1.165, 1.54) is 5.56 Å². The van der Waals surface area contributed by atoms with Crippen molar-refractivity contribution in [2.45, 2.75) is 39.0 Å². The highest BCUT2D eigenvalue weighted by Crippen LogP contribution is 2.21. The van der Waals surface area contributed by atoms with Crippen LogP contribution in [0.5, 0.6) is 0 Å². The quantitative estimate of drug-likeness (QED) is 0.793. The van der Waals surface area contributed by atoms with Crippen molar-refractivity contribution in [1.82, 2.24) is 5.32 Å². The molecule has 1 amide bonds. The Balaban J connectivity index is 2.49. The number of carbonyl (C=O) groups excluding carboxylic acids is 1. The number of hydrogen-bond acceptors (Lipinski definition) is 2. The van der Waals surface area contributed by atoms with Gasteiger partial charge in [0.1, 0.15) is 0 Å². The lowest BCUT2D eigenvalue weighted by Crippen LogP contribution is -2.39. The third-order valence-electron chi connectivity index (χ3n) is 3.55. The second kappa shape index (κ2) is 7.29. The van der Waals surface area contributed by atoms with Crippen molar-refractivity contribution in [3.05, 3.63) is 35.9 Å². The molecule has 1 atom stereocenters. The molecular formula is C16H26N2O. The van der Waals surface area contributed by atoms with E-state index in [1.54, 1.807) is 0 Å². The summed E-state index contributed by atoms with van der Waals surface area (Å²) < 4.78 is 0. The SMILES string of the molecule is CC(CCCN)C(=O)NCC(C)(C)c1ccccc1. The van der Waals surface area contributed by atoms with Gasteiger partial charge in [-0.3, -0.25) is 4.79 Å². The molecule has 0 heterocycles. The van der Waals surface area contributed by atoms with Crippen LogP contribution in [-0.4, -0.2) is 19.0 Å². The lowest BCUT2D eigenvalue weighted by Gasteiger charge is -2.26. The predicted octanol–water partition coefficient (Wildman–Crippen LogP) is 2.46. The first-order chi connectivity index (χ1) is 8.97.